The molecule has 1 unspecified atom stereocenters. The molecule has 0 aromatic heterocycles. The monoisotopic (exact) mass is 172 g/mol. The summed E-state index contributed by atoms with van der Waals surface area (Å²) in [6.45, 7) is 4.54. The van der Waals surface area contributed by atoms with Gasteiger partial charge in [0.25, 0.3) is 0 Å². The standard InChI is InChI=1S/C10H20S/c1-3-4-5-6-7-10(2)8-9-11/h9-10H,3-8H2,1-2H3. The minimum atomic E-state index is 0.810. The predicted molar refractivity (Wildman–Crippen MR) is 56.2 cm³/mol. The molecule has 0 nitrogen and oxygen atoms in total. The van der Waals surface area contributed by atoms with Gasteiger partial charge in [-0.2, -0.15) is 0 Å². The van der Waals surface area contributed by atoms with Gasteiger partial charge in [-0.25, -0.2) is 0 Å². The first-order chi connectivity index (χ1) is 5.31. The fraction of sp³-hybridized carbons (Fsp3) is 0.900. The van der Waals surface area contributed by atoms with Gasteiger partial charge in [0.15, 0.2) is 0 Å². The minimum Gasteiger partial charge on any atom is -0.0935 e. The Morgan fingerprint density at radius 1 is 1.27 bits per heavy atom. The van der Waals surface area contributed by atoms with E-state index in [9.17, 15) is 0 Å². The van der Waals surface area contributed by atoms with Crippen LogP contribution >= 0.6 is 12.2 Å². The molecule has 1 heteroatoms. The van der Waals surface area contributed by atoms with Crippen molar-refractivity contribution in [1.29, 1.82) is 0 Å². The summed E-state index contributed by atoms with van der Waals surface area (Å²) in [5.41, 5.74) is 0. The molecule has 0 saturated heterocycles. The third-order valence-corrected chi connectivity index (χ3v) is 2.24. The predicted octanol–water partition coefficient (Wildman–Crippen LogP) is 3.98. The molecule has 66 valence electrons. The molecule has 0 aromatic carbocycles. The molecule has 1 atom stereocenters. The molecule has 0 fully saturated rings. The van der Waals surface area contributed by atoms with Crippen LogP contribution in [0, 0.1) is 5.92 Å². The summed E-state index contributed by atoms with van der Waals surface area (Å²) in [6, 6.07) is 0. The van der Waals surface area contributed by atoms with Gasteiger partial charge in [0.2, 0.25) is 0 Å². The molecule has 11 heavy (non-hydrogen) atoms. The zero-order valence-corrected chi connectivity index (χ0v) is 8.62. The molecule has 0 radical (unpaired) electrons. The fourth-order valence-electron chi connectivity index (χ4n) is 1.20. The van der Waals surface area contributed by atoms with Crippen molar-refractivity contribution in [2.24, 2.45) is 5.92 Å². The Hall–Kier alpha value is 0.0900. The van der Waals surface area contributed by atoms with E-state index in [1.165, 1.54) is 32.1 Å². The zero-order chi connectivity index (χ0) is 8.53. The Labute approximate surface area is 76.4 Å². The van der Waals surface area contributed by atoms with Crippen LogP contribution in [0.5, 0.6) is 0 Å². The van der Waals surface area contributed by atoms with E-state index in [2.05, 4.69) is 13.8 Å². The molecule has 0 aliphatic rings. The maximum atomic E-state index is 4.80. The maximum absolute atomic E-state index is 4.80. The summed E-state index contributed by atoms with van der Waals surface area (Å²) < 4.78 is 0. The first kappa shape index (κ1) is 11.1. The molecule has 0 aliphatic heterocycles. The molecule has 0 heterocycles. The van der Waals surface area contributed by atoms with Crippen LogP contribution in [0.4, 0.5) is 0 Å². The Morgan fingerprint density at radius 3 is 2.55 bits per heavy atom. The van der Waals surface area contributed by atoms with Crippen molar-refractivity contribution in [1.82, 2.24) is 0 Å². The van der Waals surface area contributed by atoms with Crippen LogP contribution in [0.25, 0.3) is 0 Å². The van der Waals surface area contributed by atoms with Gasteiger partial charge in [-0.3, -0.25) is 0 Å². The van der Waals surface area contributed by atoms with Crippen LogP contribution in [-0.2, 0) is 0 Å². The van der Waals surface area contributed by atoms with Crippen molar-refractivity contribution in [3.05, 3.63) is 0 Å². The summed E-state index contributed by atoms with van der Waals surface area (Å²) in [7, 11) is 0. The summed E-state index contributed by atoms with van der Waals surface area (Å²) in [6.07, 6.45) is 7.98. The van der Waals surface area contributed by atoms with Crippen LogP contribution in [-0.4, -0.2) is 5.37 Å². The van der Waals surface area contributed by atoms with Gasteiger partial charge in [-0.05, 0) is 17.7 Å². The average molecular weight is 172 g/mol. The van der Waals surface area contributed by atoms with E-state index in [0.717, 1.165) is 12.3 Å². The third kappa shape index (κ3) is 7.99. The average Bonchev–Trinajstić information content (AvgIpc) is 1.99. The van der Waals surface area contributed by atoms with Crippen molar-refractivity contribution in [2.45, 2.75) is 52.4 Å². The van der Waals surface area contributed by atoms with Crippen molar-refractivity contribution < 1.29 is 0 Å². The lowest BCUT2D eigenvalue weighted by Crippen LogP contribution is -1.94. The highest BCUT2D eigenvalue weighted by molar-refractivity contribution is 7.78. The lowest BCUT2D eigenvalue weighted by atomic mass is 10.0. The highest BCUT2D eigenvalue weighted by Gasteiger charge is 1.98. The molecule has 0 amide bonds. The molecule has 0 bridgehead atoms. The quantitative estimate of drug-likeness (QED) is 0.413. The SMILES string of the molecule is CCCCCCC(C)CC=S. The van der Waals surface area contributed by atoms with Crippen LogP contribution in [0.15, 0.2) is 0 Å². The van der Waals surface area contributed by atoms with Crippen molar-refractivity contribution in [3.8, 4) is 0 Å². The van der Waals surface area contributed by atoms with Crippen LogP contribution in [0.1, 0.15) is 52.4 Å². The summed E-state index contributed by atoms with van der Waals surface area (Å²) >= 11 is 4.80. The van der Waals surface area contributed by atoms with Crippen molar-refractivity contribution in [2.75, 3.05) is 0 Å². The summed E-state index contributed by atoms with van der Waals surface area (Å²) in [5.74, 6) is 0.810. The van der Waals surface area contributed by atoms with Crippen LogP contribution in [0.3, 0.4) is 0 Å². The van der Waals surface area contributed by atoms with Gasteiger partial charge < -0.3 is 0 Å². The summed E-state index contributed by atoms with van der Waals surface area (Å²) in [5, 5.41) is 1.87. The largest absolute Gasteiger partial charge is 0.0935 e. The number of hydrogen-bond donors (Lipinski definition) is 0. The van der Waals surface area contributed by atoms with Crippen LogP contribution < -0.4 is 0 Å². The highest BCUT2D eigenvalue weighted by atomic mass is 32.1. The maximum Gasteiger partial charge on any atom is -0.0208 e. The van der Waals surface area contributed by atoms with Gasteiger partial charge in [0.05, 0.1) is 0 Å². The lowest BCUT2D eigenvalue weighted by molar-refractivity contribution is 0.507. The van der Waals surface area contributed by atoms with Crippen molar-refractivity contribution >= 4 is 17.6 Å². The van der Waals surface area contributed by atoms with Crippen molar-refractivity contribution in [3.63, 3.8) is 0 Å². The first-order valence-electron chi connectivity index (χ1n) is 4.74. The molecule has 0 rings (SSSR count). The van der Waals surface area contributed by atoms with Gasteiger partial charge in [-0.15, -0.1) is 0 Å². The van der Waals surface area contributed by atoms with E-state index in [0.29, 0.717) is 0 Å². The molecule has 0 spiro atoms. The summed E-state index contributed by atoms with van der Waals surface area (Å²) in [4.78, 5) is 0. The molecule has 0 aliphatic carbocycles. The van der Waals surface area contributed by atoms with E-state index in [1.54, 1.807) is 0 Å². The van der Waals surface area contributed by atoms with Gasteiger partial charge >= 0.3 is 0 Å². The number of hydrogen-bond acceptors (Lipinski definition) is 1. The Balaban J connectivity index is 3.03. The van der Waals surface area contributed by atoms with E-state index in [1.807, 2.05) is 5.37 Å². The van der Waals surface area contributed by atoms with Gasteiger partial charge in [0.1, 0.15) is 0 Å². The topological polar surface area (TPSA) is 0 Å². The molecule has 0 aromatic rings. The second-order valence-corrected chi connectivity index (χ2v) is 3.69. The van der Waals surface area contributed by atoms with E-state index in [4.69, 9.17) is 12.2 Å². The van der Waals surface area contributed by atoms with Gasteiger partial charge in [0, 0.05) is 0 Å². The Morgan fingerprint density at radius 2 is 2.00 bits per heavy atom. The molecular formula is C10H20S. The number of thiocarbonyl (C=S) groups is 1. The molecule has 0 saturated carbocycles. The number of rotatable bonds is 7. The molecule has 0 N–H and O–H groups in total. The first-order valence-corrected chi connectivity index (χ1v) is 5.22. The van der Waals surface area contributed by atoms with Crippen LogP contribution in [0.2, 0.25) is 0 Å². The minimum absolute atomic E-state index is 0.810. The van der Waals surface area contributed by atoms with Gasteiger partial charge in [-0.1, -0.05) is 58.2 Å². The zero-order valence-electron chi connectivity index (χ0n) is 7.81. The second-order valence-electron chi connectivity index (χ2n) is 3.36. The Kier molecular flexibility index (Phi) is 8.26. The van der Waals surface area contributed by atoms with E-state index < -0.39 is 0 Å². The lowest BCUT2D eigenvalue weighted by Gasteiger charge is -2.06. The van der Waals surface area contributed by atoms with E-state index in [-0.39, 0.29) is 0 Å². The second kappa shape index (κ2) is 8.19. The van der Waals surface area contributed by atoms with E-state index >= 15 is 0 Å². The number of unbranched alkanes of at least 4 members (excludes halogenated alkanes) is 3. The third-order valence-electron chi connectivity index (χ3n) is 2.05. The Bertz CT molecular complexity index is 88.9. The highest BCUT2D eigenvalue weighted by Crippen LogP contribution is 2.12. The normalized spacial score (nSPS) is 12.9. The fourth-order valence-corrected chi connectivity index (χ4v) is 1.53. The molecular weight excluding hydrogens is 152 g/mol. The smallest absolute Gasteiger partial charge is 0.0208 e.